The lowest BCUT2D eigenvalue weighted by Gasteiger charge is -2.07. The smallest absolute Gasteiger partial charge is 0.339 e. The van der Waals surface area contributed by atoms with E-state index in [0.717, 1.165) is 0 Å². The van der Waals surface area contributed by atoms with Gasteiger partial charge in [0.2, 0.25) is 0 Å². The first kappa shape index (κ1) is 9.67. The predicted molar refractivity (Wildman–Crippen MR) is 49.4 cm³/mol. The first-order valence-corrected chi connectivity index (χ1v) is 3.81. The topological polar surface area (TPSA) is 72.5 Å². The lowest BCUT2D eigenvalue weighted by Crippen LogP contribution is -2.04. The van der Waals surface area contributed by atoms with E-state index in [9.17, 15) is 4.79 Å². The van der Waals surface area contributed by atoms with E-state index in [0.29, 0.717) is 5.75 Å². The molecular formula is C8H8ClNO3. The Hall–Kier alpha value is -1.42. The maximum Gasteiger partial charge on any atom is 0.339 e. The molecule has 0 aromatic heterocycles. The highest BCUT2D eigenvalue weighted by Crippen LogP contribution is 2.31. The van der Waals surface area contributed by atoms with Crippen LogP contribution < -0.4 is 10.5 Å². The number of carboxylic acid groups (broad SMARTS) is 1. The third-order valence-electron chi connectivity index (χ3n) is 1.57. The molecule has 0 aliphatic rings. The number of carboxylic acids is 1. The van der Waals surface area contributed by atoms with E-state index in [1.165, 1.54) is 19.2 Å². The van der Waals surface area contributed by atoms with Gasteiger partial charge in [0.05, 0.1) is 12.1 Å². The van der Waals surface area contributed by atoms with Gasteiger partial charge in [0.25, 0.3) is 0 Å². The quantitative estimate of drug-likeness (QED) is 0.714. The van der Waals surface area contributed by atoms with Crippen LogP contribution in [0, 0.1) is 0 Å². The molecule has 0 unspecified atom stereocenters. The summed E-state index contributed by atoms with van der Waals surface area (Å²) in [5.74, 6) is -0.866. The number of nitrogens with two attached hydrogens (primary N) is 1. The fraction of sp³-hybridized carbons (Fsp3) is 0.125. The van der Waals surface area contributed by atoms with Gasteiger partial charge in [0.15, 0.2) is 0 Å². The molecule has 0 heterocycles. The lowest BCUT2D eigenvalue weighted by molar-refractivity contribution is 0.0698. The molecule has 0 aliphatic heterocycles. The lowest BCUT2D eigenvalue weighted by atomic mass is 10.1. The minimum atomic E-state index is -1.17. The monoisotopic (exact) mass is 201 g/mol. The summed E-state index contributed by atoms with van der Waals surface area (Å²) in [6.07, 6.45) is 0. The zero-order valence-corrected chi connectivity index (χ0v) is 7.63. The summed E-state index contributed by atoms with van der Waals surface area (Å²) >= 11 is 5.72. The molecule has 0 atom stereocenters. The van der Waals surface area contributed by atoms with Crippen molar-refractivity contribution in [3.05, 3.63) is 22.7 Å². The Bertz CT molecular complexity index is 351. The van der Waals surface area contributed by atoms with Gasteiger partial charge in [-0.05, 0) is 12.1 Å². The number of aromatic carboxylic acids is 1. The van der Waals surface area contributed by atoms with Gasteiger partial charge < -0.3 is 15.6 Å². The summed E-state index contributed by atoms with van der Waals surface area (Å²) in [6, 6.07) is 2.96. The molecule has 0 saturated heterocycles. The zero-order valence-electron chi connectivity index (χ0n) is 6.87. The van der Waals surface area contributed by atoms with Crippen LogP contribution in [-0.2, 0) is 0 Å². The van der Waals surface area contributed by atoms with Gasteiger partial charge in [-0.15, -0.1) is 0 Å². The number of anilines is 1. The van der Waals surface area contributed by atoms with Crippen LogP contribution >= 0.6 is 11.6 Å². The molecule has 13 heavy (non-hydrogen) atoms. The predicted octanol–water partition coefficient (Wildman–Crippen LogP) is 1.63. The average molecular weight is 202 g/mol. The van der Waals surface area contributed by atoms with Crippen molar-refractivity contribution in [2.45, 2.75) is 0 Å². The normalized spacial score (nSPS) is 9.69. The molecule has 5 heteroatoms. The molecule has 0 saturated carbocycles. The second kappa shape index (κ2) is 3.53. The van der Waals surface area contributed by atoms with Crippen LogP contribution in [0.1, 0.15) is 10.4 Å². The third kappa shape index (κ3) is 1.67. The van der Waals surface area contributed by atoms with Crippen molar-refractivity contribution < 1.29 is 14.6 Å². The third-order valence-corrected chi connectivity index (χ3v) is 1.95. The molecule has 70 valence electrons. The van der Waals surface area contributed by atoms with Crippen LogP contribution in [0.25, 0.3) is 0 Å². The van der Waals surface area contributed by atoms with Crippen molar-refractivity contribution in [1.29, 1.82) is 0 Å². The van der Waals surface area contributed by atoms with Gasteiger partial charge in [-0.1, -0.05) is 11.6 Å². The minimum Gasteiger partial charge on any atom is -0.495 e. The molecule has 1 rings (SSSR count). The molecule has 0 fully saturated rings. The maximum atomic E-state index is 10.7. The summed E-state index contributed by atoms with van der Waals surface area (Å²) < 4.78 is 4.84. The van der Waals surface area contributed by atoms with Crippen molar-refractivity contribution in [3.8, 4) is 5.75 Å². The minimum absolute atomic E-state index is 0.0231. The first-order valence-electron chi connectivity index (χ1n) is 3.43. The van der Waals surface area contributed by atoms with Crippen molar-refractivity contribution >= 4 is 23.3 Å². The maximum absolute atomic E-state index is 10.7. The largest absolute Gasteiger partial charge is 0.495 e. The van der Waals surface area contributed by atoms with E-state index in [4.69, 9.17) is 27.2 Å². The number of hydrogen-bond donors (Lipinski definition) is 2. The Morgan fingerprint density at radius 2 is 2.23 bits per heavy atom. The molecule has 0 radical (unpaired) electrons. The molecule has 0 aliphatic carbocycles. The molecule has 0 amide bonds. The Labute approximate surface area is 79.9 Å². The number of benzene rings is 1. The van der Waals surface area contributed by atoms with Gasteiger partial charge in [-0.3, -0.25) is 0 Å². The van der Waals surface area contributed by atoms with E-state index < -0.39 is 5.97 Å². The Morgan fingerprint density at radius 1 is 1.62 bits per heavy atom. The number of nitrogen functional groups attached to an aromatic ring is 1. The molecule has 4 nitrogen and oxygen atoms in total. The molecule has 1 aromatic rings. The fourth-order valence-corrected chi connectivity index (χ4v) is 1.28. The molecule has 0 bridgehead atoms. The number of hydrogen-bond acceptors (Lipinski definition) is 3. The number of halogens is 1. The summed E-state index contributed by atoms with van der Waals surface area (Å²) in [4.78, 5) is 10.7. The SMILES string of the molecule is COc1ccc(N)c(C(=O)O)c1Cl. The molecule has 1 aromatic carbocycles. The number of methoxy groups -OCH3 is 1. The van der Waals surface area contributed by atoms with Crippen LogP contribution in [0.5, 0.6) is 5.75 Å². The van der Waals surface area contributed by atoms with Crippen molar-refractivity contribution in [1.82, 2.24) is 0 Å². The standard InChI is InChI=1S/C8H8ClNO3/c1-13-5-3-2-4(10)6(7(5)9)8(11)12/h2-3H,10H2,1H3,(H,11,12). The van der Waals surface area contributed by atoms with E-state index in [2.05, 4.69) is 0 Å². The van der Waals surface area contributed by atoms with E-state index >= 15 is 0 Å². The van der Waals surface area contributed by atoms with E-state index in [1.54, 1.807) is 0 Å². The van der Waals surface area contributed by atoms with Gasteiger partial charge in [-0.25, -0.2) is 4.79 Å². The average Bonchev–Trinajstić information content (AvgIpc) is 2.04. The number of ether oxygens (including phenoxy) is 1. The number of rotatable bonds is 2. The molecular weight excluding hydrogens is 194 g/mol. The Balaban J connectivity index is 3.38. The Kier molecular flexibility index (Phi) is 2.63. The van der Waals surface area contributed by atoms with Crippen LogP contribution in [0.15, 0.2) is 12.1 Å². The van der Waals surface area contributed by atoms with Crippen molar-refractivity contribution in [2.75, 3.05) is 12.8 Å². The second-order valence-electron chi connectivity index (χ2n) is 2.35. The summed E-state index contributed by atoms with van der Waals surface area (Å²) in [7, 11) is 1.41. The van der Waals surface area contributed by atoms with E-state index in [1.807, 2.05) is 0 Å². The van der Waals surface area contributed by atoms with Gasteiger partial charge in [0.1, 0.15) is 11.3 Å². The molecule has 3 N–H and O–H groups in total. The van der Waals surface area contributed by atoms with Crippen LogP contribution in [0.4, 0.5) is 5.69 Å². The highest BCUT2D eigenvalue weighted by atomic mass is 35.5. The molecule has 0 spiro atoms. The summed E-state index contributed by atoms with van der Waals surface area (Å²) in [5, 5.41) is 8.77. The van der Waals surface area contributed by atoms with Crippen molar-refractivity contribution in [3.63, 3.8) is 0 Å². The van der Waals surface area contributed by atoms with Crippen LogP contribution in [0.3, 0.4) is 0 Å². The zero-order chi connectivity index (χ0) is 10.0. The highest BCUT2D eigenvalue weighted by Gasteiger charge is 2.16. The van der Waals surface area contributed by atoms with E-state index in [-0.39, 0.29) is 16.3 Å². The number of carbonyl (C=O) groups is 1. The fourth-order valence-electron chi connectivity index (χ4n) is 0.947. The summed E-state index contributed by atoms with van der Waals surface area (Å²) in [5.41, 5.74) is 5.42. The summed E-state index contributed by atoms with van der Waals surface area (Å²) in [6.45, 7) is 0. The highest BCUT2D eigenvalue weighted by molar-refractivity contribution is 6.35. The van der Waals surface area contributed by atoms with Gasteiger partial charge >= 0.3 is 5.97 Å². The van der Waals surface area contributed by atoms with Gasteiger partial charge in [-0.2, -0.15) is 0 Å². The van der Waals surface area contributed by atoms with Crippen LogP contribution in [0.2, 0.25) is 5.02 Å². The van der Waals surface area contributed by atoms with Crippen molar-refractivity contribution in [2.24, 2.45) is 0 Å². The Morgan fingerprint density at radius 3 is 2.69 bits per heavy atom. The van der Waals surface area contributed by atoms with Crippen LogP contribution in [-0.4, -0.2) is 18.2 Å². The van der Waals surface area contributed by atoms with Gasteiger partial charge in [0, 0.05) is 5.69 Å². The second-order valence-corrected chi connectivity index (χ2v) is 2.73. The first-order chi connectivity index (χ1) is 6.07.